The third-order valence-electron chi connectivity index (χ3n) is 5.63. The highest BCUT2D eigenvalue weighted by atomic mass is 16.6. The zero-order chi connectivity index (χ0) is 28.0. The largest absolute Gasteiger partial charge is 0.491 e. The lowest BCUT2D eigenvalue weighted by Gasteiger charge is -2.30. The predicted octanol–water partition coefficient (Wildman–Crippen LogP) is 4.26. The Morgan fingerprint density at radius 2 is 1.61 bits per heavy atom. The third-order valence-corrected chi connectivity index (χ3v) is 5.63. The molecule has 1 fully saturated rings. The summed E-state index contributed by atoms with van der Waals surface area (Å²) in [7, 11) is 0. The van der Waals surface area contributed by atoms with E-state index in [0.717, 1.165) is 25.9 Å². The normalized spacial score (nSPS) is 14.1. The van der Waals surface area contributed by atoms with Crippen molar-refractivity contribution in [1.29, 1.82) is 0 Å². The average molecular weight is 541 g/mol. The molecular formula is C27H44N2O9. The number of benzene rings is 1. The number of amides is 1. The number of aliphatic carboxylic acids is 2. The second kappa shape index (κ2) is 21.1. The van der Waals surface area contributed by atoms with Gasteiger partial charge in [-0.25, -0.2) is 14.4 Å². The monoisotopic (exact) mass is 540 g/mol. The van der Waals surface area contributed by atoms with Crippen molar-refractivity contribution < 1.29 is 43.5 Å². The number of hydrogen-bond acceptors (Lipinski definition) is 8. The van der Waals surface area contributed by atoms with Crippen LogP contribution in [0, 0.1) is 0 Å². The van der Waals surface area contributed by atoms with Crippen molar-refractivity contribution in [2.24, 2.45) is 0 Å². The number of rotatable bonds is 16. The van der Waals surface area contributed by atoms with Crippen LogP contribution in [0.25, 0.3) is 0 Å². The molecule has 0 radical (unpaired) electrons. The lowest BCUT2D eigenvalue weighted by molar-refractivity contribution is -0.159. The van der Waals surface area contributed by atoms with Gasteiger partial charge in [-0.2, -0.15) is 0 Å². The highest BCUT2D eigenvalue weighted by Crippen LogP contribution is 2.24. The van der Waals surface area contributed by atoms with E-state index in [-0.39, 0.29) is 6.10 Å². The van der Waals surface area contributed by atoms with E-state index in [1.54, 1.807) is 0 Å². The molecule has 3 N–H and O–H groups in total. The summed E-state index contributed by atoms with van der Waals surface area (Å²) in [6, 6.07) is 7.49. The van der Waals surface area contributed by atoms with Crippen LogP contribution < -0.4 is 10.1 Å². The average Bonchev–Trinajstić information content (AvgIpc) is 2.90. The van der Waals surface area contributed by atoms with Gasteiger partial charge < -0.3 is 29.2 Å². The summed E-state index contributed by atoms with van der Waals surface area (Å²) in [6.07, 6.45) is 7.37. The molecule has 1 amide bonds. The van der Waals surface area contributed by atoms with E-state index in [9.17, 15) is 4.79 Å². The van der Waals surface area contributed by atoms with Crippen LogP contribution in [-0.2, 0) is 23.8 Å². The Labute approximate surface area is 225 Å². The molecule has 1 aliphatic heterocycles. The van der Waals surface area contributed by atoms with Crippen molar-refractivity contribution in [3.63, 3.8) is 0 Å². The number of nitrogens with zero attached hydrogens (tertiary/aromatic N) is 1. The molecule has 0 aliphatic carbocycles. The number of likely N-dealkylation sites (tertiary alicyclic amines) is 1. The number of piperidine rings is 1. The molecule has 38 heavy (non-hydrogen) atoms. The van der Waals surface area contributed by atoms with E-state index in [4.69, 9.17) is 38.7 Å². The van der Waals surface area contributed by atoms with Crippen LogP contribution in [0.5, 0.6) is 5.75 Å². The van der Waals surface area contributed by atoms with Crippen LogP contribution in [0.15, 0.2) is 24.3 Å². The van der Waals surface area contributed by atoms with E-state index in [1.807, 2.05) is 31.2 Å². The molecule has 11 heteroatoms. The number of carbonyl (C=O) groups is 3. The summed E-state index contributed by atoms with van der Waals surface area (Å²) in [5.41, 5.74) is 0.627. The zero-order valence-corrected chi connectivity index (χ0v) is 22.7. The lowest BCUT2D eigenvalue weighted by Crippen LogP contribution is -2.41. The molecule has 1 aromatic rings. The number of nitrogens with one attached hydrogen (secondary N) is 1. The third kappa shape index (κ3) is 16.1. The molecule has 0 spiro atoms. The Morgan fingerprint density at radius 3 is 2.26 bits per heavy atom. The molecule has 1 aliphatic rings. The molecule has 11 nitrogen and oxygen atoms in total. The summed E-state index contributed by atoms with van der Waals surface area (Å²) in [4.78, 5) is 33.2. The van der Waals surface area contributed by atoms with Gasteiger partial charge in [0.05, 0.1) is 32.1 Å². The number of carbonyl (C=O) groups excluding carboxylic acids is 1. The van der Waals surface area contributed by atoms with Gasteiger partial charge in [0, 0.05) is 13.2 Å². The van der Waals surface area contributed by atoms with E-state index >= 15 is 0 Å². The lowest BCUT2D eigenvalue weighted by atomic mass is 10.1. The standard InChI is InChI=1S/C25H42N2O5.C2H2O4/c1-3-5-6-12-17-31-24-14-9-8-13-23(24)26-25(28)32-22(21-30-19-18-29-4-2)20-27-15-10-7-11-16-27;3-1(4)2(5)6/h8-9,13-14,22H,3-7,10-12,15-21H2,1-2H3,(H,26,28);(H,3,4)(H,5,6). The van der Waals surface area contributed by atoms with Gasteiger partial charge in [-0.1, -0.05) is 44.7 Å². The Morgan fingerprint density at radius 1 is 0.921 bits per heavy atom. The van der Waals surface area contributed by atoms with Crippen molar-refractivity contribution >= 4 is 23.7 Å². The minimum Gasteiger partial charge on any atom is -0.491 e. The van der Waals surface area contributed by atoms with Crippen molar-refractivity contribution in [3.8, 4) is 5.75 Å². The second-order valence-corrected chi connectivity index (χ2v) is 8.80. The molecule has 0 bridgehead atoms. The van der Waals surface area contributed by atoms with Gasteiger partial charge in [-0.15, -0.1) is 0 Å². The highest BCUT2D eigenvalue weighted by Gasteiger charge is 2.21. The Hall–Kier alpha value is -2.89. The number of ether oxygens (including phenoxy) is 4. The minimum atomic E-state index is -1.82. The summed E-state index contributed by atoms with van der Waals surface area (Å²) in [5.74, 6) is -2.98. The van der Waals surface area contributed by atoms with Crippen molar-refractivity contribution in [3.05, 3.63) is 24.3 Å². The van der Waals surface area contributed by atoms with E-state index < -0.39 is 18.0 Å². The summed E-state index contributed by atoms with van der Waals surface area (Å²) in [6.45, 7) is 9.59. The number of carboxylic acid groups (broad SMARTS) is 2. The molecule has 0 aromatic heterocycles. The smallest absolute Gasteiger partial charge is 0.414 e. The van der Waals surface area contributed by atoms with Gasteiger partial charge in [0.15, 0.2) is 0 Å². The maximum atomic E-state index is 12.7. The number of anilines is 1. The first-order chi connectivity index (χ1) is 18.4. The summed E-state index contributed by atoms with van der Waals surface area (Å²) >= 11 is 0. The zero-order valence-electron chi connectivity index (χ0n) is 22.7. The predicted molar refractivity (Wildman–Crippen MR) is 143 cm³/mol. The van der Waals surface area contributed by atoms with Gasteiger partial charge >= 0.3 is 18.0 Å². The molecule has 216 valence electrons. The van der Waals surface area contributed by atoms with E-state index in [2.05, 4.69) is 17.1 Å². The fourth-order valence-corrected chi connectivity index (χ4v) is 3.73. The summed E-state index contributed by atoms with van der Waals surface area (Å²) in [5, 5.41) is 17.6. The number of hydrogen-bond donors (Lipinski definition) is 3. The van der Waals surface area contributed by atoms with Crippen LogP contribution in [0.1, 0.15) is 58.8 Å². The Balaban J connectivity index is 0.00000107. The van der Waals surface area contributed by atoms with E-state index in [1.165, 1.54) is 32.1 Å². The van der Waals surface area contributed by atoms with Crippen molar-refractivity contribution in [1.82, 2.24) is 4.90 Å². The molecule has 2 rings (SSSR count). The number of unbranched alkanes of at least 4 members (excludes halogenated alkanes) is 3. The molecule has 1 aromatic carbocycles. The maximum absolute atomic E-state index is 12.7. The van der Waals surface area contributed by atoms with Crippen LogP contribution in [0.2, 0.25) is 0 Å². The van der Waals surface area contributed by atoms with Crippen molar-refractivity contribution in [2.45, 2.75) is 64.9 Å². The molecule has 0 saturated carbocycles. The molecule has 1 atom stereocenters. The van der Waals surface area contributed by atoms with Crippen LogP contribution in [-0.4, -0.2) is 91.9 Å². The first kappa shape index (κ1) is 33.1. The van der Waals surface area contributed by atoms with Gasteiger partial charge in [-0.05, 0) is 51.4 Å². The summed E-state index contributed by atoms with van der Waals surface area (Å²) < 4.78 is 22.7. The fraction of sp³-hybridized carbons (Fsp3) is 0.667. The van der Waals surface area contributed by atoms with Gasteiger partial charge in [0.2, 0.25) is 0 Å². The van der Waals surface area contributed by atoms with E-state index in [0.29, 0.717) is 51.0 Å². The molecule has 1 saturated heterocycles. The number of para-hydroxylation sites is 2. The Bertz CT molecular complexity index is 789. The van der Waals surface area contributed by atoms with Crippen LogP contribution >= 0.6 is 0 Å². The first-order valence-electron chi connectivity index (χ1n) is 13.4. The van der Waals surface area contributed by atoms with Crippen molar-refractivity contribution in [2.75, 3.05) is 58.0 Å². The quantitative estimate of drug-likeness (QED) is 0.205. The van der Waals surface area contributed by atoms with Crippen LogP contribution in [0.3, 0.4) is 0 Å². The highest BCUT2D eigenvalue weighted by molar-refractivity contribution is 6.27. The molecule has 1 heterocycles. The SMILES string of the molecule is CCCCCCOc1ccccc1NC(=O)OC(COCCOCC)CN1CCCCC1.O=C(O)C(=O)O. The number of carboxylic acids is 2. The van der Waals surface area contributed by atoms with Gasteiger partial charge in [-0.3, -0.25) is 10.2 Å². The van der Waals surface area contributed by atoms with Crippen LogP contribution in [0.4, 0.5) is 10.5 Å². The second-order valence-electron chi connectivity index (χ2n) is 8.80. The first-order valence-corrected chi connectivity index (χ1v) is 13.4. The van der Waals surface area contributed by atoms with Gasteiger partial charge in [0.1, 0.15) is 11.9 Å². The minimum absolute atomic E-state index is 0.336. The topological polar surface area (TPSA) is 144 Å². The Kier molecular flexibility index (Phi) is 18.4. The molecule has 1 unspecified atom stereocenters. The van der Waals surface area contributed by atoms with Gasteiger partial charge in [0.25, 0.3) is 0 Å². The maximum Gasteiger partial charge on any atom is 0.414 e. The molecular weight excluding hydrogens is 496 g/mol. The fourth-order valence-electron chi connectivity index (χ4n) is 3.73.